The molecule has 0 aliphatic heterocycles. The van der Waals surface area contributed by atoms with Gasteiger partial charge in [0.05, 0.1) is 12.3 Å². The largest absolute Gasteiger partial charge is 0.492 e. The minimum atomic E-state index is -0.298. The first-order valence-corrected chi connectivity index (χ1v) is 5.84. The van der Waals surface area contributed by atoms with Crippen molar-refractivity contribution in [1.82, 2.24) is 4.98 Å². The molecule has 0 spiro atoms. The Bertz CT molecular complexity index is 502. The first kappa shape index (κ1) is 12.4. The molecule has 1 heterocycles. The van der Waals surface area contributed by atoms with Crippen LogP contribution >= 0.6 is 0 Å². The van der Waals surface area contributed by atoms with Gasteiger partial charge in [0.25, 0.3) is 0 Å². The van der Waals surface area contributed by atoms with Gasteiger partial charge in [-0.2, -0.15) is 0 Å². The van der Waals surface area contributed by atoms with Gasteiger partial charge in [0.2, 0.25) is 0 Å². The number of pyridine rings is 1. The van der Waals surface area contributed by atoms with Crippen molar-refractivity contribution in [1.29, 1.82) is 0 Å². The van der Waals surface area contributed by atoms with Crippen LogP contribution in [0.25, 0.3) is 0 Å². The fourth-order valence-electron chi connectivity index (χ4n) is 1.62. The third-order valence-electron chi connectivity index (χ3n) is 2.48. The molecule has 18 heavy (non-hydrogen) atoms. The second kappa shape index (κ2) is 6.00. The third-order valence-corrected chi connectivity index (χ3v) is 2.48. The number of nitrogens with zero attached hydrogens (tertiary/aromatic N) is 1. The Balaban J connectivity index is 2.09. The third kappa shape index (κ3) is 3.20. The zero-order chi connectivity index (χ0) is 12.8. The van der Waals surface area contributed by atoms with Crippen molar-refractivity contribution >= 4 is 5.69 Å². The van der Waals surface area contributed by atoms with E-state index in [0.717, 1.165) is 11.3 Å². The van der Waals surface area contributed by atoms with E-state index >= 15 is 0 Å². The molecule has 1 N–H and O–H groups in total. The molecule has 0 radical (unpaired) electrons. The number of rotatable bonds is 5. The number of anilines is 1. The maximum atomic E-state index is 13.1. The van der Waals surface area contributed by atoms with Crippen molar-refractivity contribution in [2.24, 2.45) is 0 Å². The molecule has 0 aliphatic carbocycles. The number of ether oxygens (including phenoxy) is 1. The molecule has 0 amide bonds. The molecule has 0 bridgehead atoms. The molecular formula is C14H15FN2O. The second-order valence-electron chi connectivity index (χ2n) is 3.78. The molecule has 0 atom stereocenters. The van der Waals surface area contributed by atoms with Gasteiger partial charge in [-0.1, -0.05) is 0 Å². The summed E-state index contributed by atoms with van der Waals surface area (Å²) < 4.78 is 18.5. The lowest BCUT2D eigenvalue weighted by Gasteiger charge is -2.12. The van der Waals surface area contributed by atoms with Crippen molar-refractivity contribution in [3.8, 4) is 5.75 Å². The summed E-state index contributed by atoms with van der Waals surface area (Å²) in [6, 6.07) is 8.34. The average Bonchev–Trinajstić information content (AvgIpc) is 2.39. The number of benzene rings is 1. The molecule has 94 valence electrons. The highest BCUT2D eigenvalue weighted by atomic mass is 19.1. The van der Waals surface area contributed by atoms with E-state index in [4.69, 9.17) is 4.74 Å². The number of hydrogen-bond donors (Lipinski definition) is 1. The SMILES string of the molecule is CCOc1cc(F)ccc1NCc1ccncc1. The molecule has 4 heteroatoms. The molecule has 3 nitrogen and oxygen atoms in total. The van der Waals surface area contributed by atoms with Crippen LogP contribution in [0.3, 0.4) is 0 Å². The summed E-state index contributed by atoms with van der Waals surface area (Å²) >= 11 is 0. The van der Waals surface area contributed by atoms with Crippen LogP contribution in [0.15, 0.2) is 42.7 Å². The Morgan fingerprint density at radius 3 is 2.72 bits per heavy atom. The van der Waals surface area contributed by atoms with Gasteiger partial charge in [0.15, 0.2) is 0 Å². The molecule has 2 rings (SSSR count). The highest BCUT2D eigenvalue weighted by Crippen LogP contribution is 2.25. The highest BCUT2D eigenvalue weighted by molar-refractivity contribution is 5.56. The van der Waals surface area contributed by atoms with Crippen molar-refractivity contribution in [2.75, 3.05) is 11.9 Å². The number of nitrogens with one attached hydrogen (secondary N) is 1. The summed E-state index contributed by atoms with van der Waals surface area (Å²) in [6.45, 7) is 3.03. The zero-order valence-electron chi connectivity index (χ0n) is 10.2. The zero-order valence-corrected chi connectivity index (χ0v) is 10.2. The van der Waals surface area contributed by atoms with Crippen LogP contribution in [0.4, 0.5) is 10.1 Å². The Hall–Kier alpha value is -2.10. The van der Waals surface area contributed by atoms with Gasteiger partial charge in [-0.05, 0) is 36.8 Å². The lowest BCUT2D eigenvalue weighted by atomic mass is 10.2. The van der Waals surface area contributed by atoms with E-state index in [2.05, 4.69) is 10.3 Å². The smallest absolute Gasteiger partial charge is 0.145 e. The van der Waals surface area contributed by atoms with E-state index in [1.54, 1.807) is 18.5 Å². The quantitative estimate of drug-likeness (QED) is 0.879. The van der Waals surface area contributed by atoms with Crippen LogP contribution in [-0.4, -0.2) is 11.6 Å². The Morgan fingerprint density at radius 2 is 2.00 bits per heavy atom. The summed E-state index contributed by atoms with van der Waals surface area (Å²) in [5.74, 6) is 0.236. The molecular weight excluding hydrogens is 231 g/mol. The number of hydrogen-bond acceptors (Lipinski definition) is 3. The topological polar surface area (TPSA) is 34.1 Å². The molecule has 0 aliphatic rings. The number of halogens is 1. The van der Waals surface area contributed by atoms with Gasteiger partial charge in [0, 0.05) is 25.0 Å². The summed E-state index contributed by atoms with van der Waals surface area (Å²) in [5.41, 5.74) is 1.90. The van der Waals surface area contributed by atoms with Gasteiger partial charge >= 0.3 is 0 Å². The fraction of sp³-hybridized carbons (Fsp3) is 0.214. The van der Waals surface area contributed by atoms with Crippen LogP contribution < -0.4 is 10.1 Å². The number of aromatic nitrogens is 1. The van der Waals surface area contributed by atoms with Gasteiger partial charge < -0.3 is 10.1 Å². The monoisotopic (exact) mass is 246 g/mol. The van der Waals surface area contributed by atoms with Crippen LogP contribution in [0.1, 0.15) is 12.5 Å². The summed E-state index contributed by atoms with van der Waals surface area (Å²) in [5, 5.41) is 3.22. The molecule has 0 unspecified atom stereocenters. The minimum Gasteiger partial charge on any atom is -0.492 e. The minimum absolute atomic E-state index is 0.298. The summed E-state index contributed by atoms with van der Waals surface area (Å²) in [4.78, 5) is 3.96. The Kier molecular flexibility index (Phi) is 4.12. The van der Waals surface area contributed by atoms with Crippen molar-refractivity contribution in [3.05, 3.63) is 54.1 Å². The van der Waals surface area contributed by atoms with Crippen molar-refractivity contribution < 1.29 is 9.13 Å². The summed E-state index contributed by atoms with van der Waals surface area (Å²) in [6.07, 6.45) is 3.48. The van der Waals surface area contributed by atoms with Gasteiger partial charge in [-0.3, -0.25) is 4.98 Å². The van der Waals surface area contributed by atoms with Crippen molar-refractivity contribution in [2.45, 2.75) is 13.5 Å². The standard InChI is InChI=1S/C14H15FN2O/c1-2-18-14-9-12(15)3-4-13(14)17-10-11-5-7-16-8-6-11/h3-9,17H,2,10H2,1H3. The van der Waals surface area contributed by atoms with Crippen LogP contribution in [0.5, 0.6) is 5.75 Å². The first-order chi connectivity index (χ1) is 8.79. The van der Waals surface area contributed by atoms with E-state index in [9.17, 15) is 4.39 Å². The molecule has 2 aromatic rings. The molecule has 1 aromatic carbocycles. The van der Waals surface area contributed by atoms with E-state index in [1.807, 2.05) is 19.1 Å². The van der Waals surface area contributed by atoms with Crippen molar-refractivity contribution in [3.63, 3.8) is 0 Å². The van der Waals surface area contributed by atoms with Gasteiger partial charge in [0.1, 0.15) is 11.6 Å². The lowest BCUT2D eigenvalue weighted by molar-refractivity contribution is 0.340. The van der Waals surface area contributed by atoms with Crippen LogP contribution in [0, 0.1) is 5.82 Å². The molecule has 0 saturated heterocycles. The predicted octanol–water partition coefficient (Wildman–Crippen LogP) is 3.23. The maximum absolute atomic E-state index is 13.1. The van der Waals surface area contributed by atoms with E-state index in [1.165, 1.54) is 12.1 Å². The van der Waals surface area contributed by atoms with Gasteiger partial charge in [-0.15, -0.1) is 0 Å². The van der Waals surface area contributed by atoms with E-state index in [-0.39, 0.29) is 5.82 Å². The van der Waals surface area contributed by atoms with E-state index < -0.39 is 0 Å². The highest BCUT2D eigenvalue weighted by Gasteiger charge is 2.04. The van der Waals surface area contributed by atoms with Crippen LogP contribution in [0.2, 0.25) is 0 Å². The Morgan fingerprint density at radius 1 is 1.22 bits per heavy atom. The molecule has 1 aromatic heterocycles. The predicted molar refractivity (Wildman–Crippen MR) is 69.1 cm³/mol. The fourth-order valence-corrected chi connectivity index (χ4v) is 1.62. The second-order valence-corrected chi connectivity index (χ2v) is 3.78. The van der Waals surface area contributed by atoms with E-state index in [0.29, 0.717) is 18.9 Å². The normalized spacial score (nSPS) is 10.1. The Labute approximate surface area is 106 Å². The first-order valence-electron chi connectivity index (χ1n) is 5.84. The molecule has 0 saturated carbocycles. The average molecular weight is 246 g/mol. The lowest BCUT2D eigenvalue weighted by Crippen LogP contribution is -2.03. The van der Waals surface area contributed by atoms with Gasteiger partial charge in [-0.25, -0.2) is 4.39 Å². The maximum Gasteiger partial charge on any atom is 0.145 e. The van der Waals surface area contributed by atoms with Crippen LogP contribution in [-0.2, 0) is 6.54 Å². The summed E-state index contributed by atoms with van der Waals surface area (Å²) in [7, 11) is 0. The molecule has 0 fully saturated rings.